The minimum absolute atomic E-state index is 0.401. The van der Waals surface area contributed by atoms with Gasteiger partial charge >= 0.3 is 0 Å². The number of pyridine rings is 1. The number of nitrogens with zero attached hydrogens (tertiary/aromatic N) is 1. The van der Waals surface area contributed by atoms with Crippen LogP contribution in [0.4, 0.5) is 0 Å². The molecule has 0 atom stereocenters. The third kappa shape index (κ3) is 1.75. The van der Waals surface area contributed by atoms with Gasteiger partial charge < -0.3 is 5.73 Å². The van der Waals surface area contributed by atoms with E-state index in [4.69, 9.17) is 5.73 Å². The predicted octanol–water partition coefficient (Wildman–Crippen LogP) is 1.83. The molecule has 3 nitrogen and oxygen atoms in total. The molecule has 0 aliphatic rings. The fourth-order valence-corrected chi connectivity index (χ4v) is 2.04. The number of nitrogens with two attached hydrogens (primary N) is 1. The first-order valence-corrected chi connectivity index (χ1v) is 5.53. The van der Waals surface area contributed by atoms with Crippen LogP contribution >= 0.6 is 11.8 Å². The number of hydrogen-bond donors (Lipinski definition) is 1. The van der Waals surface area contributed by atoms with E-state index >= 15 is 0 Å². The van der Waals surface area contributed by atoms with Crippen molar-refractivity contribution in [3.8, 4) is 0 Å². The van der Waals surface area contributed by atoms with Crippen LogP contribution in [0.25, 0.3) is 0 Å². The van der Waals surface area contributed by atoms with Crippen molar-refractivity contribution in [2.24, 2.45) is 5.73 Å². The summed E-state index contributed by atoms with van der Waals surface area (Å²) >= 11 is 1.45. The summed E-state index contributed by atoms with van der Waals surface area (Å²) in [6.07, 6.45) is 1.89. The summed E-state index contributed by atoms with van der Waals surface area (Å²) < 4.78 is 0. The van der Waals surface area contributed by atoms with Crippen molar-refractivity contribution in [3.63, 3.8) is 0 Å². The zero-order valence-electron chi connectivity index (χ0n) is 8.84. The van der Waals surface area contributed by atoms with Crippen molar-refractivity contribution in [2.75, 3.05) is 6.26 Å². The summed E-state index contributed by atoms with van der Waals surface area (Å²) in [6.45, 7) is 5.80. The molecule has 76 valence electrons. The fraction of sp³-hybridized carbons (Fsp3) is 0.400. The molecule has 0 saturated carbocycles. The molecule has 2 N–H and O–H groups in total. The van der Waals surface area contributed by atoms with E-state index in [0.717, 1.165) is 21.8 Å². The minimum Gasteiger partial charge on any atom is -0.366 e. The lowest BCUT2D eigenvalue weighted by Gasteiger charge is -2.11. The Morgan fingerprint density at radius 3 is 2.29 bits per heavy atom. The number of rotatable bonds is 2. The monoisotopic (exact) mass is 210 g/mol. The van der Waals surface area contributed by atoms with Gasteiger partial charge in [-0.1, -0.05) is 0 Å². The van der Waals surface area contributed by atoms with Crippen LogP contribution < -0.4 is 5.73 Å². The highest BCUT2D eigenvalue weighted by molar-refractivity contribution is 7.98. The molecule has 4 heteroatoms. The Morgan fingerprint density at radius 1 is 1.29 bits per heavy atom. The summed E-state index contributed by atoms with van der Waals surface area (Å²) in [5.41, 5.74) is 8.81. The minimum atomic E-state index is -0.401. The van der Waals surface area contributed by atoms with Crippen LogP contribution in [0.1, 0.15) is 27.2 Å². The number of carbonyl (C=O) groups is 1. The number of aromatic nitrogens is 1. The second-order valence-electron chi connectivity index (χ2n) is 3.20. The number of thioether (sulfide) groups is 1. The SMILES string of the molecule is CSc1nc(C)c(C)c(C)c1C(N)=O. The molecule has 0 aliphatic heterocycles. The second-order valence-corrected chi connectivity index (χ2v) is 3.99. The Labute approximate surface area is 88.1 Å². The largest absolute Gasteiger partial charge is 0.366 e. The topological polar surface area (TPSA) is 56.0 Å². The maximum absolute atomic E-state index is 11.2. The molecule has 0 aliphatic carbocycles. The van der Waals surface area contributed by atoms with Crippen LogP contribution in [0.5, 0.6) is 0 Å². The van der Waals surface area contributed by atoms with E-state index in [9.17, 15) is 4.79 Å². The first-order chi connectivity index (χ1) is 6.49. The molecule has 0 aromatic carbocycles. The molecule has 1 heterocycles. The number of hydrogen-bond acceptors (Lipinski definition) is 3. The van der Waals surface area contributed by atoms with Crippen LogP contribution in [0.2, 0.25) is 0 Å². The van der Waals surface area contributed by atoms with Crippen LogP contribution in [0, 0.1) is 20.8 Å². The Morgan fingerprint density at radius 2 is 1.86 bits per heavy atom. The molecular formula is C10H14N2OS. The number of carbonyl (C=O) groups excluding carboxylic acids is 1. The zero-order chi connectivity index (χ0) is 10.9. The molecule has 0 radical (unpaired) electrons. The lowest BCUT2D eigenvalue weighted by atomic mass is 10.0. The van der Waals surface area contributed by atoms with Gasteiger partial charge in [0, 0.05) is 5.69 Å². The first-order valence-electron chi connectivity index (χ1n) is 4.30. The smallest absolute Gasteiger partial charge is 0.251 e. The highest BCUT2D eigenvalue weighted by Crippen LogP contribution is 2.24. The number of aryl methyl sites for hydroxylation is 1. The number of amides is 1. The van der Waals surface area contributed by atoms with Gasteiger partial charge in [-0.3, -0.25) is 4.79 Å². The molecule has 1 amide bonds. The lowest BCUT2D eigenvalue weighted by molar-refractivity contribution is 0.0996. The van der Waals surface area contributed by atoms with Gasteiger partial charge in [0.05, 0.1) is 5.56 Å². The molecule has 0 saturated heterocycles. The third-order valence-corrected chi connectivity index (χ3v) is 3.09. The van der Waals surface area contributed by atoms with E-state index in [2.05, 4.69) is 4.98 Å². The Balaban J connectivity index is 3.53. The van der Waals surface area contributed by atoms with Crippen molar-refractivity contribution >= 4 is 17.7 Å². The van der Waals surface area contributed by atoms with E-state index < -0.39 is 5.91 Å². The van der Waals surface area contributed by atoms with Gasteiger partial charge in [0.1, 0.15) is 5.03 Å². The lowest BCUT2D eigenvalue weighted by Crippen LogP contribution is -2.16. The normalized spacial score (nSPS) is 10.3. The summed E-state index contributed by atoms with van der Waals surface area (Å²) in [5.74, 6) is -0.401. The molecule has 1 rings (SSSR count). The van der Waals surface area contributed by atoms with Crippen LogP contribution in [0.3, 0.4) is 0 Å². The second kappa shape index (κ2) is 4.00. The van der Waals surface area contributed by atoms with Gasteiger partial charge in [-0.25, -0.2) is 4.98 Å². The van der Waals surface area contributed by atoms with Gasteiger partial charge in [0.2, 0.25) is 0 Å². The van der Waals surface area contributed by atoms with E-state index in [1.54, 1.807) is 0 Å². The van der Waals surface area contributed by atoms with Crippen LogP contribution in [0.15, 0.2) is 5.03 Å². The van der Waals surface area contributed by atoms with Gasteiger partial charge in [-0.2, -0.15) is 0 Å². The average Bonchev–Trinajstić information content (AvgIpc) is 2.12. The Hall–Kier alpha value is -1.03. The van der Waals surface area contributed by atoms with Crippen LogP contribution in [-0.4, -0.2) is 17.1 Å². The van der Waals surface area contributed by atoms with Crippen molar-refractivity contribution in [2.45, 2.75) is 25.8 Å². The average molecular weight is 210 g/mol. The first kappa shape index (κ1) is 11.0. The fourth-order valence-electron chi connectivity index (χ4n) is 1.35. The molecule has 0 spiro atoms. The van der Waals surface area contributed by atoms with Gasteiger partial charge in [0.25, 0.3) is 5.91 Å². The quantitative estimate of drug-likeness (QED) is 0.758. The summed E-state index contributed by atoms with van der Waals surface area (Å²) in [7, 11) is 0. The zero-order valence-corrected chi connectivity index (χ0v) is 9.66. The van der Waals surface area contributed by atoms with Gasteiger partial charge in [-0.15, -0.1) is 11.8 Å². The van der Waals surface area contributed by atoms with E-state index in [0.29, 0.717) is 5.56 Å². The van der Waals surface area contributed by atoms with Crippen molar-refractivity contribution in [3.05, 3.63) is 22.4 Å². The predicted molar refractivity (Wildman–Crippen MR) is 58.7 cm³/mol. The van der Waals surface area contributed by atoms with Crippen LogP contribution in [-0.2, 0) is 0 Å². The molecular weight excluding hydrogens is 196 g/mol. The van der Waals surface area contributed by atoms with Crippen molar-refractivity contribution in [1.29, 1.82) is 0 Å². The standard InChI is InChI=1S/C10H14N2OS/c1-5-6(2)8(9(11)13)10(14-4)12-7(5)3/h1-4H3,(H2,11,13). The highest BCUT2D eigenvalue weighted by Gasteiger charge is 2.15. The Bertz CT molecular complexity index is 388. The van der Waals surface area contributed by atoms with Crippen molar-refractivity contribution in [1.82, 2.24) is 4.98 Å². The molecule has 0 unspecified atom stereocenters. The molecule has 0 bridgehead atoms. The van der Waals surface area contributed by atoms with E-state index in [1.165, 1.54) is 11.8 Å². The summed E-state index contributed by atoms with van der Waals surface area (Å²) in [4.78, 5) is 15.6. The maximum atomic E-state index is 11.2. The van der Waals surface area contributed by atoms with E-state index in [1.807, 2.05) is 27.0 Å². The Kier molecular flexibility index (Phi) is 3.16. The number of primary amides is 1. The van der Waals surface area contributed by atoms with Gasteiger partial charge in [0.15, 0.2) is 0 Å². The molecule has 0 fully saturated rings. The molecule has 14 heavy (non-hydrogen) atoms. The highest BCUT2D eigenvalue weighted by atomic mass is 32.2. The summed E-state index contributed by atoms with van der Waals surface area (Å²) in [6, 6.07) is 0. The van der Waals surface area contributed by atoms with E-state index in [-0.39, 0.29) is 0 Å². The maximum Gasteiger partial charge on any atom is 0.251 e. The molecule has 1 aromatic heterocycles. The summed E-state index contributed by atoms with van der Waals surface area (Å²) in [5, 5.41) is 0.720. The van der Waals surface area contributed by atoms with Gasteiger partial charge in [-0.05, 0) is 38.2 Å². The third-order valence-electron chi connectivity index (χ3n) is 2.40. The molecule has 1 aromatic rings. The van der Waals surface area contributed by atoms with Crippen molar-refractivity contribution < 1.29 is 4.79 Å².